The molecule has 0 aliphatic carbocycles. The van der Waals surface area contributed by atoms with Gasteiger partial charge in [-0.05, 0) is 6.42 Å². The second kappa shape index (κ2) is 19.6. The number of thioether (sulfide) groups is 1. The number of nitrogens with zero attached hydrogens (tertiary/aromatic N) is 4. The van der Waals surface area contributed by atoms with Crippen molar-refractivity contribution in [2.24, 2.45) is 5.41 Å². The third kappa shape index (κ3) is 13.9. The van der Waals surface area contributed by atoms with Crippen molar-refractivity contribution in [1.82, 2.24) is 30.2 Å². The van der Waals surface area contributed by atoms with Gasteiger partial charge in [-0.2, -0.15) is 4.31 Å². The van der Waals surface area contributed by atoms with Crippen LogP contribution in [0.25, 0.3) is 11.2 Å². The van der Waals surface area contributed by atoms with Gasteiger partial charge in [0.05, 0.1) is 19.5 Å². The Bertz CT molecular complexity index is 1760. The number of fused-ring (bicyclic) bond motifs is 1. The van der Waals surface area contributed by atoms with Gasteiger partial charge in [-0.25, -0.2) is 28.6 Å². The van der Waals surface area contributed by atoms with E-state index < -0.39 is 84.6 Å². The molecule has 0 spiro atoms. The molecule has 0 aromatic carbocycles. The van der Waals surface area contributed by atoms with E-state index in [-0.39, 0.29) is 41.6 Å². The summed E-state index contributed by atoms with van der Waals surface area (Å²) in [6.07, 6.45) is -4.74. The van der Waals surface area contributed by atoms with Crippen molar-refractivity contribution in [3.05, 3.63) is 12.7 Å². The summed E-state index contributed by atoms with van der Waals surface area (Å²) < 4.78 is 62.0. The van der Waals surface area contributed by atoms with Crippen LogP contribution in [-0.2, 0) is 50.7 Å². The highest BCUT2D eigenvalue weighted by atomic mass is 32.2. The first-order chi connectivity index (χ1) is 25.1. The van der Waals surface area contributed by atoms with E-state index in [4.69, 9.17) is 19.5 Å². The fraction of sp³-hybridized carbons (Fsp3) is 0.692. The number of rotatable bonds is 22. The Labute approximate surface area is 312 Å². The molecular weight excluding hydrogens is 807 g/mol. The van der Waals surface area contributed by atoms with Crippen molar-refractivity contribution in [3.8, 4) is 0 Å². The zero-order chi connectivity index (χ0) is 40.5. The zero-order valence-corrected chi connectivity index (χ0v) is 32.7. The first-order valence-corrected chi connectivity index (χ1v) is 21.6. The number of carbonyl (C=O) groups is 3. The number of aliphatic hydroxyl groups is 2. The van der Waals surface area contributed by atoms with E-state index in [0.717, 1.165) is 41.8 Å². The molecule has 28 heteroatoms. The Morgan fingerprint density at radius 2 is 1.74 bits per heavy atom. The molecule has 24 nitrogen and oxygen atoms in total. The molecule has 3 heterocycles. The Kier molecular flexibility index (Phi) is 16.7. The third-order valence-corrected chi connectivity index (χ3v) is 11.5. The van der Waals surface area contributed by atoms with Crippen LogP contribution in [0, 0.1) is 5.41 Å². The smallest absolute Gasteiger partial charge is 0.386 e. The Hall–Kier alpha value is -2.44. The zero-order valence-electron chi connectivity index (χ0n) is 29.2. The second-order valence-electron chi connectivity index (χ2n) is 12.4. The Balaban J connectivity index is 1.50. The third-order valence-electron chi connectivity index (χ3n) is 7.50. The highest BCUT2D eigenvalue weighted by Gasteiger charge is 2.50. The molecule has 2 aromatic rings. The minimum atomic E-state index is -5.56. The lowest BCUT2D eigenvalue weighted by Crippen LogP contribution is -2.46. The second-order valence-corrected chi connectivity index (χ2v) is 17.8. The number of hydrogen-bond acceptors (Lipinski definition) is 18. The Morgan fingerprint density at radius 1 is 1.06 bits per heavy atom. The number of nitrogen functional groups attached to an aromatic ring is 1. The van der Waals surface area contributed by atoms with Gasteiger partial charge in [0, 0.05) is 37.1 Å². The molecule has 54 heavy (non-hydrogen) atoms. The number of anilines is 1. The standard InChI is InChI=1S/C26H44N7O17P3S/c1-4-5-6-17(35)54-10-9-28-16(34)7-8-29-24(38)21(37)26(2,3)12-47-53(44,45)50-52(42,43)46-11-15-20(49-51(39,40)41)19(36)25(48-15)33-14-32-18-22(27)30-13-31-23(18)33/h13-15,19-21,25,36-37H,4-12H2,1-3H3,(H,28,34)(H,29,38)(H,42,43)(H,44,45)(H2,27,30,31)(H2,39,40,41). The number of unbranched alkanes of at least 4 members (excludes halogenated alkanes) is 1. The van der Waals surface area contributed by atoms with E-state index in [1.54, 1.807) is 0 Å². The van der Waals surface area contributed by atoms with Crippen LogP contribution >= 0.6 is 35.2 Å². The lowest BCUT2D eigenvalue weighted by Gasteiger charge is -2.30. The fourth-order valence-corrected chi connectivity index (χ4v) is 8.24. The quantitative estimate of drug-likeness (QED) is 0.0549. The number of aliphatic hydroxyl groups excluding tert-OH is 2. The summed E-state index contributed by atoms with van der Waals surface area (Å²) >= 11 is 1.11. The van der Waals surface area contributed by atoms with E-state index in [2.05, 4.69) is 34.4 Å². The van der Waals surface area contributed by atoms with Crippen molar-refractivity contribution >= 4 is 69.1 Å². The number of ether oxygens (including phenoxy) is 1. The number of nitrogens with one attached hydrogen (secondary N) is 2. The molecule has 0 saturated carbocycles. The minimum Gasteiger partial charge on any atom is -0.386 e. The van der Waals surface area contributed by atoms with Crippen LogP contribution in [-0.4, -0.2) is 123 Å². The highest BCUT2D eigenvalue weighted by Crippen LogP contribution is 2.61. The largest absolute Gasteiger partial charge is 0.481 e. The minimum absolute atomic E-state index is 0.0306. The molecule has 1 fully saturated rings. The lowest BCUT2D eigenvalue weighted by atomic mass is 9.87. The van der Waals surface area contributed by atoms with Crippen molar-refractivity contribution < 1.29 is 80.5 Å². The van der Waals surface area contributed by atoms with Crippen molar-refractivity contribution in [2.45, 2.75) is 77.1 Å². The van der Waals surface area contributed by atoms with Gasteiger partial charge in [0.1, 0.15) is 36.3 Å². The molecular formula is C26H44N7O17P3S. The number of aromatic nitrogens is 4. The normalized spacial score (nSPS) is 22.0. The van der Waals surface area contributed by atoms with E-state index in [1.165, 1.54) is 13.8 Å². The maximum atomic E-state index is 12.7. The van der Waals surface area contributed by atoms with Gasteiger partial charge in [-0.1, -0.05) is 39.0 Å². The fourth-order valence-electron chi connectivity index (χ4n) is 4.69. The average molecular weight is 852 g/mol. The molecule has 7 unspecified atom stereocenters. The first kappa shape index (κ1) is 45.9. The van der Waals surface area contributed by atoms with Gasteiger partial charge in [-0.15, -0.1) is 0 Å². The summed E-state index contributed by atoms with van der Waals surface area (Å²) in [5.41, 5.74) is 4.27. The van der Waals surface area contributed by atoms with E-state index >= 15 is 0 Å². The predicted octanol–water partition coefficient (Wildman–Crippen LogP) is -0.145. The number of phosphoric ester groups is 3. The molecule has 10 N–H and O–H groups in total. The van der Waals surface area contributed by atoms with Gasteiger partial charge < -0.3 is 50.9 Å². The van der Waals surface area contributed by atoms with E-state index in [1.807, 2.05) is 6.92 Å². The number of amides is 2. The van der Waals surface area contributed by atoms with Gasteiger partial charge in [0.25, 0.3) is 0 Å². The Morgan fingerprint density at radius 3 is 2.41 bits per heavy atom. The lowest BCUT2D eigenvalue weighted by molar-refractivity contribution is -0.137. The molecule has 1 aliphatic heterocycles. The van der Waals surface area contributed by atoms with Crippen molar-refractivity contribution in [2.75, 3.05) is 37.8 Å². The monoisotopic (exact) mass is 851 g/mol. The van der Waals surface area contributed by atoms with Crippen LogP contribution in [0.3, 0.4) is 0 Å². The SMILES string of the molecule is CCCCC(=O)SCCNC(=O)CCNC(=O)C(O)C(C)(C)COP(=O)(O)OP(=O)(O)OCC1OC(n2cnc3c(N)ncnc32)C(O)C1OP(=O)(O)O. The van der Waals surface area contributed by atoms with Gasteiger partial charge in [0.2, 0.25) is 11.8 Å². The summed E-state index contributed by atoms with van der Waals surface area (Å²) in [5.74, 6) is -1.05. The molecule has 1 saturated heterocycles. The maximum absolute atomic E-state index is 12.7. The molecule has 1 aliphatic rings. The van der Waals surface area contributed by atoms with Crippen LogP contribution < -0.4 is 16.4 Å². The van der Waals surface area contributed by atoms with Crippen LogP contribution in [0.15, 0.2) is 12.7 Å². The number of nitrogens with two attached hydrogens (primary N) is 1. The van der Waals surface area contributed by atoms with Gasteiger partial charge in [0.15, 0.2) is 22.8 Å². The maximum Gasteiger partial charge on any atom is 0.481 e. The average Bonchev–Trinajstić information content (AvgIpc) is 3.63. The number of phosphoric acid groups is 3. The molecule has 3 rings (SSSR count). The molecule has 7 atom stereocenters. The number of hydrogen-bond donors (Lipinski definition) is 9. The van der Waals surface area contributed by atoms with Crippen LogP contribution in [0.5, 0.6) is 0 Å². The summed E-state index contributed by atoms with van der Waals surface area (Å²) in [6.45, 7) is 2.52. The van der Waals surface area contributed by atoms with Gasteiger partial charge in [-0.3, -0.25) is 32.5 Å². The van der Waals surface area contributed by atoms with Crippen molar-refractivity contribution in [1.29, 1.82) is 0 Å². The number of imidazole rings is 1. The van der Waals surface area contributed by atoms with Crippen LogP contribution in [0.1, 0.15) is 52.7 Å². The van der Waals surface area contributed by atoms with E-state index in [9.17, 15) is 57.9 Å². The summed E-state index contributed by atoms with van der Waals surface area (Å²) in [7, 11) is -16.4. The van der Waals surface area contributed by atoms with Crippen molar-refractivity contribution in [3.63, 3.8) is 0 Å². The van der Waals surface area contributed by atoms with Gasteiger partial charge >= 0.3 is 23.5 Å². The first-order valence-electron chi connectivity index (χ1n) is 16.1. The summed E-state index contributed by atoms with van der Waals surface area (Å²) in [5, 5.41) is 26.4. The van der Waals surface area contributed by atoms with Crippen LogP contribution in [0.2, 0.25) is 0 Å². The summed E-state index contributed by atoms with van der Waals surface area (Å²) in [6, 6.07) is 0. The number of carbonyl (C=O) groups excluding carboxylic acids is 3. The molecule has 2 aromatic heterocycles. The molecule has 0 radical (unpaired) electrons. The van der Waals surface area contributed by atoms with E-state index in [0.29, 0.717) is 12.2 Å². The highest BCUT2D eigenvalue weighted by molar-refractivity contribution is 8.13. The predicted molar refractivity (Wildman–Crippen MR) is 187 cm³/mol. The molecule has 2 amide bonds. The molecule has 0 bridgehead atoms. The molecule has 306 valence electrons. The summed E-state index contributed by atoms with van der Waals surface area (Å²) in [4.78, 5) is 87.1. The van der Waals surface area contributed by atoms with Crippen LogP contribution in [0.4, 0.5) is 5.82 Å². The topological polar surface area (TPSA) is 364 Å².